The van der Waals surface area contributed by atoms with E-state index in [1.165, 1.54) is 45.4 Å². The molecule has 0 unspecified atom stereocenters. The highest BCUT2D eigenvalue weighted by Crippen LogP contribution is 2.71. The third-order valence-corrected chi connectivity index (χ3v) is 15.1. The monoisotopic (exact) mass is 620 g/mol. The van der Waals surface area contributed by atoms with Crippen molar-refractivity contribution >= 4 is 14.0 Å². The second-order valence-electron chi connectivity index (χ2n) is 17.8. The molecule has 4 aliphatic carbocycles. The Morgan fingerprint density at radius 3 is 2.40 bits per heavy atom. The Hall–Kier alpha value is -0.473. The molecule has 11 atom stereocenters. The van der Waals surface area contributed by atoms with Crippen molar-refractivity contribution < 1.29 is 28.8 Å². The molecule has 0 radical (unpaired) electrons. The summed E-state index contributed by atoms with van der Waals surface area (Å²) in [6, 6.07) is 1.10. The van der Waals surface area contributed by atoms with Crippen LogP contribution in [0.25, 0.3) is 0 Å². The maximum absolute atomic E-state index is 12.9. The molecule has 0 aromatic heterocycles. The van der Waals surface area contributed by atoms with E-state index in [1.54, 1.807) is 0 Å². The van der Waals surface area contributed by atoms with E-state index in [9.17, 15) is 9.90 Å². The smallest absolute Gasteiger partial charge is 0.303 e. The van der Waals surface area contributed by atoms with E-state index in [2.05, 4.69) is 54.3 Å². The zero-order valence-corrected chi connectivity index (χ0v) is 30.0. The van der Waals surface area contributed by atoms with Crippen LogP contribution < -0.4 is 0 Å². The average molecular weight is 621 g/mol. The summed E-state index contributed by atoms with van der Waals surface area (Å²) in [6.07, 6.45) is 10.1. The summed E-state index contributed by atoms with van der Waals surface area (Å²) in [5, 5.41) is 12.9. The first kappa shape index (κ1) is 33.9. The Labute approximate surface area is 263 Å². The van der Waals surface area contributed by atoms with Gasteiger partial charge in [-0.1, -0.05) is 73.5 Å². The summed E-state index contributed by atoms with van der Waals surface area (Å²) in [7, 11) is -1.20. The fourth-order valence-corrected chi connectivity index (χ4v) is 11.7. The summed E-state index contributed by atoms with van der Waals surface area (Å²) >= 11 is 0. The van der Waals surface area contributed by atoms with E-state index in [1.807, 2.05) is 0 Å². The van der Waals surface area contributed by atoms with Crippen LogP contribution in [0.15, 0.2) is 0 Å². The lowest BCUT2D eigenvalue weighted by Crippen LogP contribution is -2.74. The Balaban J connectivity index is 1.41. The zero-order valence-electron chi connectivity index (χ0n) is 29.0. The van der Waals surface area contributed by atoms with Crippen LogP contribution in [0.1, 0.15) is 106 Å². The van der Waals surface area contributed by atoms with Gasteiger partial charge < -0.3 is 24.1 Å². The number of fused-ring (bicyclic) bond motifs is 5. The van der Waals surface area contributed by atoms with E-state index >= 15 is 0 Å². The molecule has 0 bridgehead atoms. The molecule has 5 fully saturated rings. The molecule has 1 aliphatic heterocycles. The largest absolute Gasteiger partial charge is 0.459 e. The Morgan fingerprint density at radius 2 is 1.77 bits per heavy atom. The van der Waals surface area contributed by atoms with Crippen molar-refractivity contribution in [2.45, 2.75) is 155 Å². The van der Waals surface area contributed by atoms with E-state index < -0.39 is 25.2 Å². The van der Waals surface area contributed by atoms with Crippen LogP contribution in [0.2, 0.25) is 25.7 Å². The molecule has 0 aromatic carbocycles. The average Bonchev–Trinajstić information content (AvgIpc) is 3.53. The number of esters is 1. The molecule has 1 saturated heterocycles. The second kappa shape index (κ2) is 12.3. The number of hydrogen-bond donors (Lipinski definition) is 1. The lowest BCUT2D eigenvalue weighted by Gasteiger charge is -2.67. The molecule has 5 aliphatic rings. The Bertz CT molecular complexity index is 991. The lowest BCUT2D eigenvalue weighted by atomic mass is 9.41. The van der Waals surface area contributed by atoms with Crippen LogP contribution >= 0.6 is 0 Å². The van der Waals surface area contributed by atoms with Gasteiger partial charge in [-0.25, -0.2) is 0 Å². The van der Waals surface area contributed by atoms with E-state index in [-0.39, 0.29) is 24.5 Å². The number of carbonyl (C=O) groups is 1. The third-order valence-electron chi connectivity index (χ3n) is 13.4. The number of hydrogen-bond acceptors (Lipinski definition) is 6. The number of ether oxygens (including phenoxy) is 4. The lowest BCUT2D eigenvalue weighted by molar-refractivity contribution is -0.308. The molecule has 1 N–H and O–H groups in total. The fourth-order valence-electron chi connectivity index (χ4n) is 10.9. The van der Waals surface area contributed by atoms with Crippen LogP contribution in [0.5, 0.6) is 0 Å². The van der Waals surface area contributed by atoms with Crippen LogP contribution in [-0.4, -0.2) is 62.6 Å². The summed E-state index contributed by atoms with van der Waals surface area (Å²) in [5.41, 5.74) is -1.81. The van der Waals surface area contributed by atoms with Crippen molar-refractivity contribution in [1.82, 2.24) is 0 Å². The summed E-state index contributed by atoms with van der Waals surface area (Å²) in [5.74, 6) is 3.26. The molecule has 6 nitrogen and oxygen atoms in total. The molecule has 0 aromatic rings. The first-order valence-corrected chi connectivity index (χ1v) is 21.5. The van der Waals surface area contributed by atoms with Crippen LogP contribution in [0.3, 0.4) is 0 Å². The number of aliphatic hydroxyl groups is 1. The van der Waals surface area contributed by atoms with Crippen molar-refractivity contribution in [3.05, 3.63) is 0 Å². The minimum absolute atomic E-state index is 0.206. The molecule has 4 saturated carbocycles. The molecule has 7 heteroatoms. The van der Waals surface area contributed by atoms with Gasteiger partial charge in [0.1, 0.15) is 18.5 Å². The standard InChI is InChI=1S/C36H64O6Si/c1-24(2)11-10-12-25(3)28-13-14-29-27-19-31(42-26(4)37)36(38)21-35(22-41-35)20-32(40-23-39-17-18-43(7,8)9)34(36,6)30(27)15-16-33(28,29)5/h24-25,27-32,38H,10-23H2,1-9H3/t25-,27+,28-,29+,30+,31-,32-,33-,34+,35-,36+/m1/s1. The minimum Gasteiger partial charge on any atom is -0.459 e. The van der Waals surface area contributed by atoms with Gasteiger partial charge in [-0.05, 0) is 79.1 Å². The number of rotatable bonds is 12. The topological polar surface area (TPSA) is 77.5 Å². The summed E-state index contributed by atoms with van der Waals surface area (Å²) in [6.45, 7) is 22.2. The molecular weight excluding hydrogens is 556 g/mol. The van der Waals surface area contributed by atoms with Gasteiger partial charge in [-0.2, -0.15) is 0 Å². The highest BCUT2D eigenvalue weighted by Gasteiger charge is 2.75. The maximum atomic E-state index is 12.9. The Morgan fingerprint density at radius 1 is 1.05 bits per heavy atom. The molecule has 5 rings (SSSR count). The van der Waals surface area contributed by atoms with E-state index in [0.717, 1.165) is 43.1 Å². The van der Waals surface area contributed by atoms with Crippen molar-refractivity contribution in [3.8, 4) is 0 Å². The van der Waals surface area contributed by atoms with Crippen molar-refractivity contribution in [1.29, 1.82) is 0 Å². The highest BCUT2D eigenvalue weighted by molar-refractivity contribution is 6.76. The molecular formula is C36H64O6Si. The second-order valence-corrected chi connectivity index (χ2v) is 23.4. The SMILES string of the molecule is CC(=O)O[C@@H]1C[C@H]2[C@@H]3CC[C@H]([C@H](C)CCCC(C)C)[C@@]3(C)CC[C@@H]2[C@@]2(C)[C@H](OCOCC[Si](C)(C)C)C[C@]3(CO3)C[C@]12O. The highest BCUT2D eigenvalue weighted by atomic mass is 28.3. The van der Waals surface area contributed by atoms with Crippen molar-refractivity contribution in [3.63, 3.8) is 0 Å². The predicted octanol–water partition coefficient (Wildman–Crippen LogP) is 7.84. The summed E-state index contributed by atoms with van der Waals surface area (Å²) in [4.78, 5) is 12.5. The predicted molar refractivity (Wildman–Crippen MR) is 173 cm³/mol. The summed E-state index contributed by atoms with van der Waals surface area (Å²) < 4.78 is 24.9. The van der Waals surface area contributed by atoms with E-state index in [4.69, 9.17) is 18.9 Å². The molecule has 1 heterocycles. The first-order valence-electron chi connectivity index (χ1n) is 17.8. The van der Waals surface area contributed by atoms with Gasteiger partial charge in [0, 0.05) is 39.9 Å². The number of epoxide rings is 1. The Kier molecular flexibility index (Phi) is 9.67. The van der Waals surface area contributed by atoms with Crippen LogP contribution in [0, 0.1) is 46.3 Å². The van der Waals surface area contributed by atoms with Gasteiger partial charge in [-0.3, -0.25) is 4.79 Å². The van der Waals surface area contributed by atoms with Gasteiger partial charge in [-0.15, -0.1) is 0 Å². The normalized spacial score (nSPS) is 44.5. The van der Waals surface area contributed by atoms with Crippen molar-refractivity contribution in [2.75, 3.05) is 20.0 Å². The van der Waals surface area contributed by atoms with Gasteiger partial charge in [0.25, 0.3) is 0 Å². The van der Waals surface area contributed by atoms with E-state index in [0.29, 0.717) is 42.8 Å². The number of carbonyl (C=O) groups excluding carboxylic acids is 1. The minimum atomic E-state index is -1.20. The fraction of sp³-hybridized carbons (Fsp3) is 0.972. The molecule has 248 valence electrons. The van der Waals surface area contributed by atoms with Crippen LogP contribution in [-0.2, 0) is 23.7 Å². The molecule has 0 amide bonds. The van der Waals surface area contributed by atoms with Crippen LogP contribution in [0.4, 0.5) is 0 Å². The molecule has 1 spiro atoms. The van der Waals surface area contributed by atoms with Gasteiger partial charge in [0.2, 0.25) is 0 Å². The van der Waals surface area contributed by atoms with Crippen molar-refractivity contribution in [2.24, 2.45) is 46.3 Å². The third kappa shape index (κ3) is 6.42. The van der Waals surface area contributed by atoms with Gasteiger partial charge in [0.05, 0.1) is 18.3 Å². The first-order chi connectivity index (χ1) is 20.0. The van der Waals surface area contributed by atoms with Gasteiger partial charge >= 0.3 is 5.97 Å². The van der Waals surface area contributed by atoms with Gasteiger partial charge in [0.15, 0.2) is 0 Å². The molecule has 43 heavy (non-hydrogen) atoms. The maximum Gasteiger partial charge on any atom is 0.303 e. The zero-order chi connectivity index (χ0) is 31.4. The quantitative estimate of drug-likeness (QED) is 0.0788.